The Morgan fingerprint density at radius 1 is 1.50 bits per heavy atom. The lowest BCUT2D eigenvalue weighted by Gasteiger charge is -2.28. The summed E-state index contributed by atoms with van der Waals surface area (Å²) in [5, 5.41) is 3.48. The molecule has 1 amide bonds. The Bertz CT molecular complexity index is 420. The van der Waals surface area contributed by atoms with E-state index in [9.17, 15) is 4.79 Å². The van der Waals surface area contributed by atoms with E-state index in [-0.39, 0.29) is 5.91 Å². The smallest absolute Gasteiger partial charge is 0.249 e. The van der Waals surface area contributed by atoms with Crippen molar-refractivity contribution in [2.24, 2.45) is 5.73 Å². The van der Waals surface area contributed by atoms with E-state index >= 15 is 0 Å². The second-order valence-electron chi connectivity index (χ2n) is 4.81. The van der Waals surface area contributed by atoms with Gasteiger partial charge in [-0.05, 0) is 31.4 Å². The molecule has 0 bridgehead atoms. The fourth-order valence-electron chi connectivity index (χ4n) is 2.35. The Hall–Kier alpha value is -1.39. The third-order valence-electron chi connectivity index (χ3n) is 3.35. The van der Waals surface area contributed by atoms with E-state index in [1.165, 1.54) is 0 Å². The number of carbonyl (C=O) groups is 1. The van der Waals surface area contributed by atoms with E-state index in [1.54, 1.807) is 6.07 Å². The van der Waals surface area contributed by atoms with Gasteiger partial charge in [-0.2, -0.15) is 0 Å². The fraction of sp³-hybridized carbons (Fsp3) is 0.500. The highest BCUT2D eigenvalue weighted by atomic mass is 16.5. The van der Waals surface area contributed by atoms with Gasteiger partial charge in [-0.15, -0.1) is 0 Å². The van der Waals surface area contributed by atoms with E-state index in [1.807, 2.05) is 18.2 Å². The van der Waals surface area contributed by atoms with Gasteiger partial charge in [0.15, 0.2) is 0 Å². The number of ether oxygens (including phenoxy) is 1. The van der Waals surface area contributed by atoms with Crippen LogP contribution in [0.3, 0.4) is 0 Å². The predicted molar refractivity (Wildman–Crippen MR) is 70.2 cm³/mol. The third-order valence-corrected chi connectivity index (χ3v) is 3.35. The quantitative estimate of drug-likeness (QED) is 0.847. The zero-order chi connectivity index (χ0) is 13.0. The number of carbonyl (C=O) groups excluding carboxylic acids is 1. The summed E-state index contributed by atoms with van der Waals surface area (Å²) in [5.74, 6) is -0.368. The van der Waals surface area contributed by atoms with Crippen LogP contribution in [-0.4, -0.2) is 24.7 Å². The van der Waals surface area contributed by atoms with Crippen molar-refractivity contribution < 1.29 is 9.53 Å². The molecular weight excluding hydrogens is 228 g/mol. The van der Waals surface area contributed by atoms with Crippen LogP contribution in [0, 0.1) is 0 Å². The highest BCUT2D eigenvalue weighted by Gasteiger charge is 2.19. The van der Waals surface area contributed by atoms with E-state index < -0.39 is 0 Å². The highest BCUT2D eigenvalue weighted by Crippen LogP contribution is 2.15. The van der Waals surface area contributed by atoms with E-state index in [4.69, 9.17) is 10.5 Å². The minimum Gasteiger partial charge on any atom is -0.378 e. The molecule has 1 aromatic rings. The number of hydrogen-bond acceptors (Lipinski definition) is 3. The van der Waals surface area contributed by atoms with Crippen molar-refractivity contribution in [2.75, 3.05) is 6.61 Å². The van der Waals surface area contributed by atoms with Gasteiger partial charge in [0, 0.05) is 24.8 Å². The average Bonchev–Trinajstić information content (AvgIpc) is 2.37. The minimum atomic E-state index is -0.368. The number of benzene rings is 1. The average molecular weight is 248 g/mol. The zero-order valence-corrected chi connectivity index (χ0v) is 10.7. The van der Waals surface area contributed by atoms with Crippen molar-refractivity contribution in [2.45, 2.75) is 38.5 Å². The van der Waals surface area contributed by atoms with Gasteiger partial charge < -0.3 is 15.8 Å². The maximum Gasteiger partial charge on any atom is 0.249 e. The van der Waals surface area contributed by atoms with Gasteiger partial charge in [0.05, 0.1) is 6.10 Å². The van der Waals surface area contributed by atoms with Crippen molar-refractivity contribution in [1.29, 1.82) is 0 Å². The molecule has 0 radical (unpaired) electrons. The molecule has 4 nitrogen and oxygen atoms in total. The number of nitrogens with two attached hydrogens (primary N) is 1. The molecule has 18 heavy (non-hydrogen) atoms. The molecule has 2 unspecified atom stereocenters. The van der Waals surface area contributed by atoms with Crippen molar-refractivity contribution >= 4 is 5.91 Å². The largest absolute Gasteiger partial charge is 0.378 e. The fourth-order valence-corrected chi connectivity index (χ4v) is 2.35. The molecule has 1 aromatic carbocycles. The van der Waals surface area contributed by atoms with Crippen LogP contribution < -0.4 is 11.1 Å². The molecule has 1 aliphatic heterocycles. The molecule has 1 saturated heterocycles. The van der Waals surface area contributed by atoms with Gasteiger partial charge in [-0.25, -0.2) is 0 Å². The molecule has 98 valence electrons. The van der Waals surface area contributed by atoms with Crippen LogP contribution in [-0.2, 0) is 11.3 Å². The first-order chi connectivity index (χ1) is 8.66. The number of primary amides is 1. The third kappa shape index (κ3) is 3.31. The summed E-state index contributed by atoms with van der Waals surface area (Å²) < 4.78 is 5.51. The molecule has 0 saturated carbocycles. The van der Waals surface area contributed by atoms with Crippen LogP contribution in [0.1, 0.15) is 35.7 Å². The Morgan fingerprint density at radius 2 is 2.28 bits per heavy atom. The molecule has 0 aromatic heterocycles. The van der Waals surface area contributed by atoms with Crippen LogP contribution in [0.4, 0.5) is 0 Å². The lowest BCUT2D eigenvalue weighted by Crippen LogP contribution is -2.37. The van der Waals surface area contributed by atoms with Crippen LogP contribution in [0.25, 0.3) is 0 Å². The first-order valence-electron chi connectivity index (χ1n) is 6.39. The minimum absolute atomic E-state index is 0.308. The molecular formula is C14H20N2O2. The number of hydrogen-bond donors (Lipinski definition) is 2. The summed E-state index contributed by atoms with van der Waals surface area (Å²) >= 11 is 0. The molecule has 2 rings (SSSR count). The zero-order valence-electron chi connectivity index (χ0n) is 10.7. The lowest BCUT2D eigenvalue weighted by molar-refractivity contribution is 0.0130. The summed E-state index contributed by atoms with van der Waals surface area (Å²) in [5.41, 5.74) is 6.92. The monoisotopic (exact) mass is 248 g/mol. The van der Waals surface area contributed by atoms with Crippen molar-refractivity contribution in [3.8, 4) is 0 Å². The van der Waals surface area contributed by atoms with Gasteiger partial charge in [0.2, 0.25) is 5.91 Å². The predicted octanol–water partition coefficient (Wildman–Crippen LogP) is 1.44. The van der Waals surface area contributed by atoms with Crippen LogP contribution >= 0.6 is 0 Å². The Labute approximate surface area is 108 Å². The van der Waals surface area contributed by atoms with Gasteiger partial charge in [0.1, 0.15) is 0 Å². The summed E-state index contributed by atoms with van der Waals surface area (Å²) in [4.78, 5) is 11.3. The molecule has 3 N–H and O–H groups in total. The standard InChI is InChI=1S/C14H20N2O2/c1-10-8-12(6-7-18-10)16-9-11-4-2-3-5-13(11)14(15)17/h2-5,10,12,16H,6-9H2,1H3,(H2,15,17). The summed E-state index contributed by atoms with van der Waals surface area (Å²) in [6, 6.07) is 7.92. The van der Waals surface area contributed by atoms with Crippen LogP contribution in [0.15, 0.2) is 24.3 Å². The number of rotatable bonds is 4. The molecule has 0 aliphatic carbocycles. The Balaban J connectivity index is 1.95. The molecule has 4 heteroatoms. The van der Waals surface area contributed by atoms with Crippen molar-refractivity contribution in [3.63, 3.8) is 0 Å². The van der Waals surface area contributed by atoms with E-state index in [0.29, 0.717) is 24.3 Å². The number of amides is 1. The van der Waals surface area contributed by atoms with E-state index in [2.05, 4.69) is 12.2 Å². The topological polar surface area (TPSA) is 64.3 Å². The summed E-state index contributed by atoms with van der Waals surface area (Å²) in [6.07, 6.45) is 2.34. The van der Waals surface area contributed by atoms with Gasteiger partial charge in [0.25, 0.3) is 0 Å². The second kappa shape index (κ2) is 5.98. The molecule has 1 heterocycles. The van der Waals surface area contributed by atoms with E-state index in [0.717, 1.165) is 25.0 Å². The summed E-state index contributed by atoms with van der Waals surface area (Å²) in [7, 11) is 0. The number of nitrogens with one attached hydrogen (secondary N) is 1. The van der Waals surface area contributed by atoms with Gasteiger partial charge in [-0.3, -0.25) is 4.79 Å². The molecule has 1 aliphatic rings. The highest BCUT2D eigenvalue weighted by molar-refractivity contribution is 5.94. The maximum atomic E-state index is 11.3. The Morgan fingerprint density at radius 3 is 3.00 bits per heavy atom. The molecule has 2 atom stereocenters. The van der Waals surface area contributed by atoms with Crippen LogP contribution in [0.5, 0.6) is 0 Å². The van der Waals surface area contributed by atoms with Crippen molar-refractivity contribution in [3.05, 3.63) is 35.4 Å². The lowest BCUT2D eigenvalue weighted by atomic mass is 10.0. The van der Waals surface area contributed by atoms with Crippen LogP contribution in [0.2, 0.25) is 0 Å². The Kier molecular flexibility index (Phi) is 4.33. The van der Waals surface area contributed by atoms with Crippen molar-refractivity contribution in [1.82, 2.24) is 5.32 Å². The summed E-state index contributed by atoms with van der Waals surface area (Å²) in [6.45, 7) is 3.57. The maximum absolute atomic E-state index is 11.3. The normalized spacial score (nSPS) is 23.8. The first kappa shape index (κ1) is 13.1. The van der Waals surface area contributed by atoms with Gasteiger partial charge >= 0.3 is 0 Å². The first-order valence-corrected chi connectivity index (χ1v) is 6.39. The molecule has 0 spiro atoms. The SMILES string of the molecule is CC1CC(NCc2ccccc2C(N)=O)CCO1. The second-order valence-corrected chi connectivity index (χ2v) is 4.81. The van der Waals surface area contributed by atoms with Gasteiger partial charge in [-0.1, -0.05) is 18.2 Å². The molecule has 1 fully saturated rings.